The number of carbonyl (C=O) groups is 1. The Morgan fingerprint density at radius 3 is 2.61 bits per heavy atom. The number of nitrogens with zero attached hydrogens (tertiary/aromatic N) is 1. The van der Waals surface area contributed by atoms with Gasteiger partial charge >= 0.3 is 12.6 Å². The van der Waals surface area contributed by atoms with Gasteiger partial charge in [-0.2, -0.15) is 14.0 Å². The minimum absolute atomic E-state index is 0.188. The SMILES string of the molecule is CCc1cc(OC(F)F)c(C(=O)OC)cc1C#N. The van der Waals surface area contributed by atoms with E-state index < -0.39 is 12.6 Å². The van der Waals surface area contributed by atoms with E-state index in [1.807, 2.05) is 6.07 Å². The summed E-state index contributed by atoms with van der Waals surface area (Å²) in [5.41, 5.74) is 0.576. The first kappa shape index (κ1) is 13.9. The van der Waals surface area contributed by atoms with Gasteiger partial charge in [-0.1, -0.05) is 6.92 Å². The Kier molecular flexibility index (Phi) is 4.60. The van der Waals surface area contributed by atoms with E-state index in [1.165, 1.54) is 12.1 Å². The summed E-state index contributed by atoms with van der Waals surface area (Å²) in [7, 11) is 1.12. The molecule has 1 aromatic carbocycles. The third-order valence-electron chi connectivity index (χ3n) is 2.33. The number of benzene rings is 1. The number of hydrogen-bond donors (Lipinski definition) is 0. The van der Waals surface area contributed by atoms with Crippen molar-refractivity contribution in [2.24, 2.45) is 0 Å². The third-order valence-corrected chi connectivity index (χ3v) is 2.33. The molecule has 0 amide bonds. The standard InChI is InChI=1S/C12H11F2NO3/c1-3-7-5-10(18-12(13)14)9(11(16)17-2)4-8(7)6-15/h4-5,12H,3H2,1-2H3. The van der Waals surface area contributed by atoms with Crippen molar-refractivity contribution in [3.8, 4) is 11.8 Å². The summed E-state index contributed by atoms with van der Waals surface area (Å²) in [5, 5.41) is 8.91. The van der Waals surface area contributed by atoms with Crippen molar-refractivity contribution < 1.29 is 23.0 Å². The fraction of sp³-hybridized carbons (Fsp3) is 0.333. The maximum absolute atomic E-state index is 12.2. The zero-order valence-electron chi connectivity index (χ0n) is 9.87. The second-order valence-corrected chi connectivity index (χ2v) is 3.34. The van der Waals surface area contributed by atoms with Gasteiger partial charge in [0.25, 0.3) is 0 Å². The molecule has 0 aliphatic heterocycles. The minimum Gasteiger partial charge on any atom is -0.465 e. The van der Waals surface area contributed by atoms with Crippen LogP contribution in [0, 0.1) is 11.3 Å². The van der Waals surface area contributed by atoms with Crippen LogP contribution < -0.4 is 4.74 Å². The van der Waals surface area contributed by atoms with Crippen LogP contribution in [0.25, 0.3) is 0 Å². The molecule has 1 rings (SSSR count). The quantitative estimate of drug-likeness (QED) is 0.775. The summed E-state index contributed by atoms with van der Waals surface area (Å²) in [6.07, 6.45) is 0.462. The van der Waals surface area contributed by atoms with Crippen molar-refractivity contribution in [3.05, 3.63) is 28.8 Å². The van der Waals surface area contributed by atoms with Crippen LogP contribution >= 0.6 is 0 Å². The number of nitriles is 1. The molecule has 6 heteroatoms. The summed E-state index contributed by atoms with van der Waals surface area (Å²) >= 11 is 0. The summed E-state index contributed by atoms with van der Waals surface area (Å²) in [5.74, 6) is -1.11. The first-order valence-corrected chi connectivity index (χ1v) is 5.13. The summed E-state index contributed by atoms with van der Waals surface area (Å²) < 4.78 is 33.2. The molecule has 0 radical (unpaired) electrons. The first-order chi connectivity index (χ1) is 8.53. The van der Waals surface area contributed by atoms with Crippen molar-refractivity contribution in [1.82, 2.24) is 0 Å². The number of alkyl halides is 2. The van der Waals surface area contributed by atoms with Gasteiger partial charge in [-0.05, 0) is 24.1 Å². The van der Waals surface area contributed by atoms with Gasteiger partial charge in [-0.3, -0.25) is 0 Å². The van der Waals surface area contributed by atoms with Gasteiger partial charge in [-0.15, -0.1) is 0 Å². The van der Waals surface area contributed by atoms with Crippen molar-refractivity contribution in [1.29, 1.82) is 5.26 Å². The van der Waals surface area contributed by atoms with Crippen molar-refractivity contribution >= 4 is 5.97 Å². The summed E-state index contributed by atoms with van der Waals surface area (Å²) in [6, 6.07) is 4.35. The molecule has 0 aliphatic rings. The Labute approximate surface area is 103 Å². The van der Waals surface area contributed by atoms with E-state index in [0.717, 1.165) is 7.11 Å². The predicted molar refractivity (Wildman–Crippen MR) is 58.5 cm³/mol. The molecule has 0 atom stereocenters. The number of methoxy groups -OCH3 is 1. The average molecular weight is 255 g/mol. The van der Waals surface area contributed by atoms with E-state index in [-0.39, 0.29) is 16.9 Å². The molecular weight excluding hydrogens is 244 g/mol. The monoisotopic (exact) mass is 255 g/mol. The van der Waals surface area contributed by atoms with Crippen LogP contribution in [0.15, 0.2) is 12.1 Å². The zero-order chi connectivity index (χ0) is 13.7. The maximum atomic E-state index is 12.2. The van der Waals surface area contributed by atoms with E-state index in [0.29, 0.717) is 12.0 Å². The Morgan fingerprint density at radius 2 is 2.17 bits per heavy atom. The van der Waals surface area contributed by atoms with Gasteiger partial charge in [-0.25, -0.2) is 4.79 Å². The average Bonchev–Trinajstić information content (AvgIpc) is 2.36. The van der Waals surface area contributed by atoms with E-state index >= 15 is 0 Å². The van der Waals surface area contributed by atoms with Crippen LogP contribution in [0.5, 0.6) is 5.75 Å². The highest BCUT2D eigenvalue weighted by Gasteiger charge is 2.19. The number of hydrogen-bond acceptors (Lipinski definition) is 4. The second-order valence-electron chi connectivity index (χ2n) is 3.34. The molecule has 0 aromatic heterocycles. The van der Waals surface area contributed by atoms with Crippen LogP contribution in [0.4, 0.5) is 8.78 Å². The number of rotatable bonds is 4. The molecule has 0 N–H and O–H groups in total. The zero-order valence-corrected chi connectivity index (χ0v) is 9.87. The van der Waals surface area contributed by atoms with E-state index in [9.17, 15) is 13.6 Å². The summed E-state index contributed by atoms with van der Waals surface area (Å²) in [4.78, 5) is 11.4. The number of aryl methyl sites for hydroxylation is 1. The van der Waals surface area contributed by atoms with Crippen LogP contribution in [-0.4, -0.2) is 19.7 Å². The smallest absolute Gasteiger partial charge is 0.387 e. The number of carbonyl (C=O) groups excluding carboxylic acids is 1. The van der Waals surface area contributed by atoms with Crippen LogP contribution in [0.3, 0.4) is 0 Å². The Morgan fingerprint density at radius 1 is 1.50 bits per heavy atom. The topological polar surface area (TPSA) is 59.3 Å². The normalized spacial score (nSPS) is 10.0. The molecule has 0 fully saturated rings. The molecule has 4 nitrogen and oxygen atoms in total. The fourth-order valence-electron chi connectivity index (χ4n) is 1.48. The molecule has 0 heterocycles. The minimum atomic E-state index is -3.05. The highest BCUT2D eigenvalue weighted by Crippen LogP contribution is 2.26. The number of ether oxygens (including phenoxy) is 2. The lowest BCUT2D eigenvalue weighted by molar-refractivity contribution is -0.0504. The number of esters is 1. The molecule has 0 spiro atoms. The molecule has 0 unspecified atom stereocenters. The Bertz CT molecular complexity index is 495. The molecule has 18 heavy (non-hydrogen) atoms. The first-order valence-electron chi connectivity index (χ1n) is 5.13. The lowest BCUT2D eigenvalue weighted by atomic mass is 10.0. The molecule has 1 aromatic rings. The van der Waals surface area contributed by atoms with Gasteiger partial charge in [0.05, 0.1) is 18.7 Å². The molecule has 0 bridgehead atoms. The molecular formula is C12H11F2NO3. The van der Waals surface area contributed by atoms with E-state index in [1.54, 1.807) is 6.92 Å². The van der Waals surface area contributed by atoms with Crippen molar-refractivity contribution in [2.75, 3.05) is 7.11 Å². The van der Waals surface area contributed by atoms with Gasteiger partial charge in [0, 0.05) is 0 Å². The molecule has 96 valence electrons. The largest absolute Gasteiger partial charge is 0.465 e. The lowest BCUT2D eigenvalue weighted by Crippen LogP contribution is -2.10. The fourth-order valence-corrected chi connectivity index (χ4v) is 1.48. The molecule has 0 saturated heterocycles. The highest BCUT2D eigenvalue weighted by atomic mass is 19.3. The van der Waals surface area contributed by atoms with Gasteiger partial charge in [0.15, 0.2) is 0 Å². The van der Waals surface area contributed by atoms with Crippen molar-refractivity contribution in [3.63, 3.8) is 0 Å². The Balaban J connectivity index is 3.36. The molecule has 0 aliphatic carbocycles. The predicted octanol–water partition coefficient (Wildman–Crippen LogP) is 2.51. The van der Waals surface area contributed by atoms with Crippen LogP contribution in [0.1, 0.15) is 28.4 Å². The third kappa shape index (κ3) is 2.94. The highest BCUT2D eigenvalue weighted by molar-refractivity contribution is 5.93. The van der Waals surface area contributed by atoms with Crippen LogP contribution in [-0.2, 0) is 11.2 Å². The number of halogens is 2. The van der Waals surface area contributed by atoms with Gasteiger partial charge in [0.2, 0.25) is 0 Å². The molecule has 0 saturated carbocycles. The Hall–Kier alpha value is -2.16. The second kappa shape index (κ2) is 5.96. The maximum Gasteiger partial charge on any atom is 0.387 e. The lowest BCUT2D eigenvalue weighted by Gasteiger charge is -2.12. The van der Waals surface area contributed by atoms with Gasteiger partial charge in [0.1, 0.15) is 11.3 Å². The van der Waals surface area contributed by atoms with E-state index in [2.05, 4.69) is 9.47 Å². The van der Waals surface area contributed by atoms with Crippen LogP contribution in [0.2, 0.25) is 0 Å². The van der Waals surface area contributed by atoms with Crippen molar-refractivity contribution in [2.45, 2.75) is 20.0 Å². The van der Waals surface area contributed by atoms with Gasteiger partial charge < -0.3 is 9.47 Å². The summed E-state index contributed by atoms with van der Waals surface area (Å²) in [6.45, 7) is -1.29. The van der Waals surface area contributed by atoms with E-state index in [4.69, 9.17) is 5.26 Å².